The van der Waals surface area contributed by atoms with Crippen LogP contribution >= 0.6 is 0 Å². The second-order valence-corrected chi connectivity index (χ2v) is 6.52. The van der Waals surface area contributed by atoms with E-state index in [4.69, 9.17) is 13.9 Å². The molecule has 7 heteroatoms. The van der Waals surface area contributed by atoms with Crippen LogP contribution < -0.4 is 5.32 Å². The molecule has 7 nitrogen and oxygen atoms in total. The SMILES string of the molecule is CCOC(=O)CCCNC(=O)COC(=O)Cc1coc2ccc3ccccc3c12. The van der Waals surface area contributed by atoms with Gasteiger partial charge in [0.2, 0.25) is 0 Å². The van der Waals surface area contributed by atoms with Crippen LogP contribution in [0.25, 0.3) is 21.7 Å². The van der Waals surface area contributed by atoms with Gasteiger partial charge in [-0.25, -0.2) is 0 Å². The van der Waals surface area contributed by atoms with E-state index in [1.54, 1.807) is 13.2 Å². The van der Waals surface area contributed by atoms with E-state index < -0.39 is 11.9 Å². The van der Waals surface area contributed by atoms with Crippen LogP contribution in [0.2, 0.25) is 0 Å². The van der Waals surface area contributed by atoms with Crippen LogP contribution in [-0.2, 0) is 30.3 Å². The van der Waals surface area contributed by atoms with Gasteiger partial charge >= 0.3 is 11.9 Å². The normalized spacial score (nSPS) is 10.8. The molecule has 0 radical (unpaired) electrons. The summed E-state index contributed by atoms with van der Waals surface area (Å²) in [7, 11) is 0. The fourth-order valence-electron chi connectivity index (χ4n) is 3.10. The molecular formula is C22H23NO6. The fraction of sp³-hybridized carbons (Fsp3) is 0.318. The molecule has 0 aliphatic rings. The zero-order chi connectivity index (χ0) is 20.6. The van der Waals surface area contributed by atoms with Crippen LogP contribution in [0.3, 0.4) is 0 Å². The van der Waals surface area contributed by atoms with E-state index in [1.165, 1.54) is 0 Å². The number of hydrogen-bond donors (Lipinski definition) is 1. The van der Waals surface area contributed by atoms with E-state index in [0.717, 1.165) is 21.7 Å². The molecule has 0 saturated heterocycles. The summed E-state index contributed by atoms with van der Waals surface area (Å²) in [5.41, 5.74) is 1.42. The topological polar surface area (TPSA) is 94.8 Å². The number of hydrogen-bond acceptors (Lipinski definition) is 6. The van der Waals surface area contributed by atoms with Crippen molar-refractivity contribution >= 4 is 39.6 Å². The molecule has 3 aromatic rings. The molecule has 0 aliphatic carbocycles. The zero-order valence-electron chi connectivity index (χ0n) is 16.2. The summed E-state index contributed by atoms with van der Waals surface area (Å²) in [6, 6.07) is 11.7. The van der Waals surface area contributed by atoms with E-state index >= 15 is 0 Å². The molecular weight excluding hydrogens is 374 g/mol. The predicted molar refractivity (Wildman–Crippen MR) is 107 cm³/mol. The minimum Gasteiger partial charge on any atom is -0.466 e. The third-order valence-corrected chi connectivity index (χ3v) is 4.42. The molecule has 1 amide bonds. The van der Waals surface area contributed by atoms with Crippen LogP contribution in [0, 0.1) is 0 Å². The fourth-order valence-corrected chi connectivity index (χ4v) is 3.10. The number of esters is 2. The Bertz CT molecular complexity index is 1020. The monoisotopic (exact) mass is 397 g/mol. The third kappa shape index (κ3) is 5.34. The first-order chi connectivity index (χ1) is 14.1. The number of carbonyl (C=O) groups is 3. The summed E-state index contributed by atoms with van der Waals surface area (Å²) in [5.74, 6) is -1.22. The number of amides is 1. The Balaban J connectivity index is 1.49. The largest absolute Gasteiger partial charge is 0.466 e. The minimum atomic E-state index is -0.512. The van der Waals surface area contributed by atoms with Crippen molar-refractivity contribution in [1.29, 1.82) is 0 Å². The van der Waals surface area contributed by atoms with Gasteiger partial charge in [-0.05, 0) is 30.2 Å². The molecule has 2 aromatic carbocycles. The van der Waals surface area contributed by atoms with Crippen LogP contribution in [0.1, 0.15) is 25.3 Å². The van der Waals surface area contributed by atoms with E-state index in [2.05, 4.69) is 5.32 Å². The van der Waals surface area contributed by atoms with Gasteiger partial charge in [-0.1, -0.05) is 30.3 Å². The first kappa shape index (κ1) is 20.4. The molecule has 0 aliphatic heterocycles. The molecule has 1 aromatic heterocycles. The van der Waals surface area contributed by atoms with Crippen molar-refractivity contribution in [3.8, 4) is 0 Å². The van der Waals surface area contributed by atoms with Gasteiger partial charge in [0, 0.05) is 23.9 Å². The summed E-state index contributed by atoms with van der Waals surface area (Å²) >= 11 is 0. The highest BCUT2D eigenvalue weighted by Crippen LogP contribution is 2.30. The van der Waals surface area contributed by atoms with Crippen molar-refractivity contribution in [2.45, 2.75) is 26.2 Å². The maximum Gasteiger partial charge on any atom is 0.310 e. The van der Waals surface area contributed by atoms with Gasteiger partial charge < -0.3 is 19.2 Å². The quantitative estimate of drug-likeness (QED) is 0.440. The lowest BCUT2D eigenvalue weighted by atomic mass is 10.0. The van der Waals surface area contributed by atoms with Crippen LogP contribution in [0.15, 0.2) is 47.1 Å². The predicted octanol–water partition coefficient (Wildman–Crippen LogP) is 3.13. The van der Waals surface area contributed by atoms with Crippen molar-refractivity contribution in [3.63, 3.8) is 0 Å². The van der Waals surface area contributed by atoms with E-state index in [1.807, 2.05) is 36.4 Å². The van der Waals surface area contributed by atoms with Gasteiger partial charge in [0.15, 0.2) is 6.61 Å². The van der Waals surface area contributed by atoms with Crippen molar-refractivity contribution < 1.29 is 28.3 Å². The lowest BCUT2D eigenvalue weighted by Crippen LogP contribution is -2.30. The molecule has 0 bridgehead atoms. The van der Waals surface area contributed by atoms with E-state index in [9.17, 15) is 14.4 Å². The van der Waals surface area contributed by atoms with Gasteiger partial charge in [-0.3, -0.25) is 14.4 Å². The highest BCUT2D eigenvalue weighted by atomic mass is 16.5. The number of rotatable bonds is 9. The Morgan fingerprint density at radius 1 is 1.03 bits per heavy atom. The van der Waals surface area contributed by atoms with E-state index in [0.29, 0.717) is 25.2 Å². The van der Waals surface area contributed by atoms with Gasteiger partial charge in [0.25, 0.3) is 5.91 Å². The summed E-state index contributed by atoms with van der Waals surface area (Å²) in [6.45, 7) is 2.02. The maximum atomic E-state index is 12.2. The molecule has 0 unspecified atom stereocenters. The van der Waals surface area contributed by atoms with Crippen molar-refractivity contribution in [3.05, 3.63) is 48.2 Å². The Morgan fingerprint density at radius 2 is 1.86 bits per heavy atom. The molecule has 0 atom stereocenters. The van der Waals surface area contributed by atoms with Gasteiger partial charge in [-0.2, -0.15) is 0 Å². The molecule has 3 rings (SSSR count). The number of carbonyl (C=O) groups excluding carboxylic acids is 3. The first-order valence-electron chi connectivity index (χ1n) is 9.54. The average Bonchev–Trinajstić information content (AvgIpc) is 3.13. The number of furan rings is 1. The summed E-state index contributed by atoms with van der Waals surface area (Å²) < 4.78 is 15.4. The van der Waals surface area contributed by atoms with Crippen molar-refractivity contribution in [2.75, 3.05) is 19.8 Å². The second-order valence-electron chi connectivity index (χ2n) is 6.52. The Morgan fingerprint density at radius 3 is 2.69 bits per heavy atom. The molecule has 0 saturated carbocycles. The van der Waals surface area contributed by atoms with Crippen LogP contribution in [-0.4, -0.2) is 37.6 Å². The molecule has 0 spiro atoms. The van der Waals surface area contributed by atoms with Gasteiger partial charge in [0.1, 0.15) is 5.58 Å². The van der Waals surface area contributed by atoms with E-state index in [-0.39, 0.29) is 25.4 Å². The summed E-state index contributed by atoms with van der Waals surface area (Å²) in [6.07, 6.45) is 2.26. The average molecular weight is 397 g/mol. The minimum absolute atomic E-state index is 0.0111. The smallest absolute Gasteiger partial charge is 0.310 e. The highest BCUT2D eigenvalue weighted by Gasteiger charge is 2.15. The van der Waals surface area contributed by atoms with Gasteiger partial charge in [0.05, 0.1) is 19.3 Å². The molecule has 1 heterocycles. The summed E-state index contributed by atoms with van der Waals surface area (Å²) in [4.78, 5) is 35.2. The second kappa shape index (κ2) is 9.73. The van der Waals surface area contributed by atoms with Crippen LogP contribution in [0.4, 0.5) is 0 Å². The van der Waals surface area contributed by atoms with Crippen LogP contribution in [0.5, 0.6) is 0 Å². The Labute approximate surface area is 168 Å². The third-order valence-electron chi connectivity index (χ3n) is 4.42. The Kier molecular flexibility index (Phi) is 6.84. The first-order valence-corrected chi connectivity index (χ1v) is 9.54. The van der Waals surface area contributed by atoms with Crippen molar-refractivity contribution in [2.24, 2.45) is 0 Å². The summed E-state index contributed by atoms with van der Waals surface area (Å²) in [5, 5.41) is 5.54. The molecule has 0 fully saturated rings. The number of benzene rings is 2. The van der Waals surface area contributed by atoms with Crippen molar-refractivity contribution in [1.82, 2.24) is 5.32 Å². The standard InChI is InChI=1S/C22H23NO6/c1-2-27-20(25)8-5-11-23-19(24)14-29-21(26)12-16-13-28-18-10-9-15-6-3-4-7-17(15)22(16)18/h3-4,6-7,9-10,13H,2,5,8,11-12,14H2,1H3,(H,23,24). The zero-order valence-corrected chi connectivity index (χ0v) is 16.2. The molecule has 29 heavy (non-hydrogen) atoms. The lowest BCUT2D eigenvalue weighted by molar-refractivity contribution is -0.147. The molecule has 152 valence electrons. The molecule has 1 N–H and O–H groups in total. The number of fused-ring (bicyclic) bond motifs is 3. The maximum absolute atomic E-state index is 12.2. The number of ether oxygens (including phenoxy) is 2. The highest BCUT2D eigenvalue weighted by molar-refractivity contribution is 6.08. The lowest BCUT2D eigenvalue weighted by Gasteiger charge is -2.07. The Hall–Kier alpha value is -3.35. The van der Waals surface area contributed by atoms with Gasteiger partial charge in [-0.15, -0.1) is 0 Å². The number of nitrogens with one attached hydrogen (secondary N) is 1.